The lowest BCUT2D eigenvalue weighted by Gasteiger charge is -2.11. The van der Waals surface area contributed by atoms with Crippen molar-refractivity contribution >= 4 is 27.3 Å². The quantitative estimate of drug-likeness (QED) is 0.882. The second-order valence-electron chi connectivity index (χ2n) is 4.75. The number of benzene rings is 1. The minimum atomic E-state index is 0.0746. The number of thiophene rings is 1. The Morgan fingerprint density at radius 3 is 2.88 bits per heavy atom. The third-order valence-electron chi connectivity index (χ3n) is 3.34. The lowest BCUT2D eigenvalue weighted by Crippen LogP contribution is -2.33. The van der Waals surface area contributed by atoms with E-state index in [1.54, 1.807) is 11.3 Å². The first-order valence-electron chi connectivity index (χ1n) is 6.03. The van der Waals surface area contributed by atoms with E-state index in [-0.39, 0.29) is 5.91 Å². The SMILES string of the molecule is CC(NC(=O)c1cc2ccccc2s1)C1CC1. The van der Waals surface area contributed by atoms with Crippen LogP contribution in [0.1, 0.15) is 29.4 Å². The van der Waals surface area contributed by atoms with Crippen LogP contribution in [-0.2, 0) is 0 Å². The molecule has 1 saturated carbocycles. The summed E-state index contributed by atoms with van der Waals surface area (Å²) in [6.07, 6.45) is 2.52. The van der Waals surface area contributed by atoms with Gasteiger partial charge in [-0.15, -0.1) is 11.3 Å². The highest BCUT2D eigenvalue weighted by Gasteiger charge is 2.29. The molecule has 17 heavy (non-hydrogen) atoms. The number of nitrogens with one attached hydrogen (secondary N) is 1. The highest BCUT2D eigenvalue weighted by Crippen LogP contribution is 2.33. The van der Waals surface area contributed by atoms with Crippen molar-refractivity contribution in [2.45, 2.75) is 25.8 Å². The molecule has 1 fully saturated rings. The first kappa shape index (κ1) is 10.8. The molecule has 0 bridgehead atoms. The fourth-order valence-electron chi connectivity index (χ4n) is 2.09. The van der Waals surface area contributed by atoms with Crippen molar-refractivity contribution in [1.29, 1.82) is 0 Å². The summed E-state index contributed by atoms with van der Waals surface area (Å²) in [5.41, 5.74) is 0. The molecule has 0 saturated heterocycles. The van der Waals surface area contributed by atoms with E-state index in [2.05, 4.69) is 18.3 Å². The maximum Gasteiger partial charge on any atom is 0.261 e. The Balaban J connectivity index is 1.80. The summed E-state index contributed by atoms with van der Waals surface area (Å²) in [4.78, 5) is 12.9. The van der Waals surface area contributed by atoms with E-state index in [0.717, 1.165) is 10.3 Å². The van der Waals surface area contributed by atoms with Gasteiger partial charge in [-0.25, -0.2) is 0 Å². The Kier molecular flexibility index (Phi) is 2.63. The smallest absolute Gasteiger partial charge is 0.261 e. The fraction of sp³-hybridized carbons (Fsp3) is 0.357. The predicted molar refractivity (Wildman–Crippen MR) is 71.5 cm³/mol. The van der Waals surface area contributed by atoms with Crippen LogP contribution >= 0.6 is 11.3 Å². The largest absolute Gasteiger partial charge is 0.349 e. The normalized spacial score (nSPS) is 17.0. The van der Waals surface area contributed by atoms with Crippen LogP contribution in [-0.4, -0.2) is 11.9 Å². The molecule has 1 aromatic heterocycles. The Morgan fingerprint density at radius 2 is 2.18 bits per heavy atom. The molecule has 1 atom stereocenters. The number of fused-ring (bicyclic) bond motifs is 1. The van der Waals surface area contributed by atoms with Gasteiger partial charge in [0, 0.05) is 10.7 Å². The van der Waals surface area contributed by atoms with Crippen LogP contribution in [0.2, 0.25) is 0 Å². The van der Waals surface area contributed by atoms with E-state index in [1.807, 2.05) is 24.3 Å². The van der Waals surface area contributed by atoms with Crippen LogP contribution in [0.15, 0.2) is 30.3 Å². The minimum absolute atomic E-state index is 0.0746. The Morgan fingerprint density at radius 1 is 1.41 bits per heavy atom. The number of rotatable bonds is 3. The molecule has 1 aliphatic carbocycles. The van der Waals surface area contributed by atoms with Gasteiger partial charge in [-0.1, -0.05) is 18.2 Å². The average Bonchev–Trinajstić information content (AvgIpc) is 3.08. The van der Waals surface area contributed by atoms with Crippen LogP contribution in [0, 0.1) is 5.92 Å². The highest BCUT2D eigenvalue weighted by atomic mass is 32.1. The zero-order chi connectivity index (χ0) is 11.8. The van der Waals surface area contributed by atoms with Crippen LogP contribution in [0.25, 0.3) is 10.1 Å². The van der Waals surface area contributed by atoms with E-state index in [1.165, 1.54) is 17.5 Å². The summed E-state index contributed by atoms with van der Waals surface area (Å²) in [6, 6.07) is 10.4. The van der Waals surface area contributed by atoms with Gasteiger partial charge in [-0.05, 0) is 43.2 Å². The van der Waals surface area contributed by atoms with E-state index in [4.69, 9.17) is 0 Å². The summed E-state index contributed by atoms with van der Waals surface area (Å²) >= 11 is 1.57. The molecule has 1 aromatic carbocycles. The lowest BCUT2D eigenvalue weighted by molar-refractivity contribution is 0.0940. The number of hydrogen-bond acceptors (Lipinski definition) is 2. The van der Waals surface area contributed by atoms with Crippen molar-refractivity contribution in [2.75, 3.05) is 0 Å². The third-order valence-corrected chi connectivity index (χ3v) is 4.45. The molecule has 88 valence electrons. The van der Waals surface area contributed by atoms with Gasteiger partial charge in [0.2, 0.25) is 0 Å². The van der Waals surface area contributed by atoms with Crippen molar-refractivity contribution in [3.63, 3.8) is 0 Å². The zero-order valence-electron chi connectivity index (χ0n) is 9.77. The molecular weight excluding hydrogens is 230 g/mol. The molecule has 1 unspecified atom stereocenters. The van der Waals surface area contributed by atoms with E-state index in [0.29, 0.717) is 12.0 Å². The maximum absolute atomic E-state index is 12.1. The second-order valence-corrected chi connectivity index (χ2v) is 5.83. The zero-order valence-corrected chi connectivity index (χ0v) is 10.6. The number of carbonyl (C=O) groups is 1. The topological polar surface area (TPSA) is 29.1 Å². The monoisotopic (exact) mass is 245 g/mol. The Labute approximate surface area is 105 Å². The standard InChI is InChI=1S/C14H15NOS/c1-9(10-6-7-10)15-14(16)13-8-11-4-2-3-5-12(11)17-13/h2-5,8-10H,6-7H2,1H3,(H,15,16). The third kappa shape index (κ3) is 2.20. The summed E-state index contributed by atoms with van der Waals surface area (Å²) in [7, 11) is 0. The molecule has 1 heterocycles. The molecule has 0 spiro atoms. The van der Waals surface area contributed by atoms with Crippen molar-refractivity contribution < 1.29 is 4.79 Å². The van der Waals surface area contributed by atoms with Crippen LogP contribution < -0.4 is 5.32 Å². The van der Waals surface area contributed by atoms with Gasteiger partial charge in [-0.2, -0.15) is 0 Å². The van der Waals surface area contributed by atoms with Gasteiger partial charge in [0.15, 0.2) is 0 Å². The molecule has 3 heteroatoms. The highest BCUT2D eigenvalue weighted by molar-refractivity contribution is 7.20. The van der Waals surface area contributed by atoms with Crippen molar-refractivity contribution in [3.8, 4) is 0 Å². The van der Waals surface area contributed by atoms with Crippen LogP contribution in [0.3, 0.4) is 0 Å². The first-order chi connectivity index (χ1) is 8.24. The summed E-state index contributed by atoms with van der Waals surface area (Å²) in [5, 5.41) is 4.24. The molecule has 1 amide bonds. The Hall–Kier alpha value is -1.35. The predicted octanol–water partition coefficient (Wildman–Crippen LogP) is 3.43. The first-order valence-corrected chi connectivity index (χ1v) is 6.85. The molecule has 3 rings (SSSR count). The van der Waals surface area contributed by atoms with Gasteiger partial charge >= 0.3 is 0 Å². The van der Waals surface area contributed by atoms with E-state index in [9.17, 15) is 4.79 Å². The van der Waals surface area contributed by atoms with E-state index >= 15 is 0 Å². The number of amides is 1. The molecule has 0 radical (unpaired) electrons. The minimum Gasteiger partial charge on any atom is -0.349 e. The summed E-state index contributed by atoms with van der Waals surface area (Å²) in [6.45, 7) is 2.10. The fourth-order valence-corrected chi connectivity index (χ4v) is 3.05. The van der Waals surface area contributed by atoms with Crippen molar-refractivity contribution in [3.05, 3.63) is 35.2 Å². The van der Waals surface area contributed by atoms with Gasteiger partial charge in [-0.3, -0.25) is 4.79 Å². The molecule has 0 aliphatic heterocycles. The summed E-state index contributed by atoms with van der Waals surface area (Å²) in [5.74, 6) is 0.777. The molecule has 2 aromatic rings. The average molecular weight is 245 g/mol. The molecule has 1 aliphatic rings. The van der Waals surface area contributed by atoms with Gasteiger partial charge in [0.25, 0.3) is 5.91 Å². The van der Waals surface area contributed by atoms with Crippen molar-refractivity contribution in [1.82, 2.24) is 5.32 Å². The van der Waals surface area contributed by atoms with E-state index < -0.39 is 0 Å². The molecule has 2 nitrogen and oxygen atoms in total. The Bertz CT molecular complexity index is 523. The number of hydrogen-bond donors (Lipinski definition) is 1. The number of carbonyl (C=O) groups excluding carboxylic acids is 1. The van der Waals surface area contributed by atoms with Crippen LogP contribution in [0.4, 0.5) is 0 Å². The van der Waals surface area contributed by atoms with Gasteiger partial charge in [0.1, 0.15) is 0 Å². The summed E-state index contributed by atoms with van der Waals surface area (Å²) < 4.78 is 1.18. The van der Waals surface area contributed by atoms with Gasteiger partial charge < -0.3 is 5.32 Å². The molecular formula is C14H15NOS. The molecule has 1 N–H and O–H groups in total. The van der Waals surface area contributed by atoms with Gasteiger partial charge in [0.05, 0.1) is 4.88 Å². The van der Waals surface area contributed by atoms with Crippen LogP contribution in [0.5, 0.6) is 0 Å². The van der Waals surface area contributed by atoms with Crippen molar-refractivity contribution in [2.24, 2.45) is 5.92 Å². The lowest BCUT2D eigenvalue weighted by atomic mass is 10.2. The second kappa shape index (κ2) is 4.15. The maximum atomic E-state index is 12.1.